The molecule has 0 N–H and O–H groups in total. The predicted octanol–water partition coefficient (Wildman–Crippen LogP) is 6.93. The highest BCUT2D eigenvalue weighted by atomic mass is 35.5. The number of aromatic nitrogens is 1. The molecule has 1 aromatic heterocycles. The largest absolute Gasteiger partial charge is 0.480 e. The zero-order valence-corrected chi connectivity index (χ0v) is 21.7. The number of halogens is 9. The molecule has 0 spiro atoms. The SMILES string of the molecule is O=C(c1ccccc1)[C@@H]1OC(c2ccccc2)=C(S(=O)(=O)C(F)(F)C(F)(F)C(F)(F)C(F)(F)Cl)[C@H]1c1ccncc1. The van der Waals surface area contributed by atoms with Crippen molar-refractivity contribution in [1.29, 1.82) is 0 Å². The molecule has 5 nitrogen and oxygen atoms in total. The molecule has 3 aromatic rings. The topological polar surface area (TPSA) is 73.3 Å². The molecular weight excluding hydrogens is 610 g/mol. The van der Waals surface area contributed by atoms with Gasteiger partial charge in [0.2, 0.25) is 5.78 Å². The molecule has 2 heterocycles. The van der Waals surface area contributed by atoms with E-state index in [2.05, 4.69) is 16.6 Å². The van der Waals surface area contributed by atoms with Crippen LogP contribution in [0.2, 0.25) is 0 Å². The summed E-state index contributed by atoms with van der Waals surface area (Å²) in [4.78, 5) is 15.5. The maximum Gasteiger partial charge on any atom is 0.417 e. The molecule has 0 unspecified atom stereocenters. The summed E-state index contributed by atoms with van der Waals surface area (Å²) in [5, 5.41) is -13.2. The van der Waals surface area contributed by atoms with Gasteiger partial charge >= 0.3 is 22.5 Å². The summed E-state index contributed by atoms with van der Waals surface area (Å²) < 4.78 is 147. The number of rotatable bonds is 9. The number of pyridine rings is 1. The summed E-state index contributed by atoms with van der Waals surface area (Å²) in [6.07, 6.45) is 0.109. The second-order valence-corrected chi connectivity index (χ2v) is 11.2. The van der Waals surface area contributed by atoms with Gasteiger partial charge in [0.05, 0.1) is 5.92 Å². The summed E-state index contributed by atoms with van der Waals surface area (Å²) in [5.41, 5.74) is -0.692. The van der Waals surface area contributed by atoms with Gasteiger partial charge in [-0.25, -0.2) is 8.42 Å². The first-order chi connectivity index (χ1) is 19.0. The van der Waals surface area contributed by atoms with Crippen molar-refractivity contribution in [1.82, 2.24) is 4.98 Å². The van der Waals surface area contributed by atoms with Crippen LogP contribution >= 0.6 is 11.6 Å². The van der Waals surface area contributed by atoms with Crippen LogP contribution in [-0.4, -0.2) is 47.8 Å². The Morgan fingerprint density at radius 3 is 1.80 bits per heavy atom. The van der Waals surface area contributed by atoms with Gasteiger partial charge < -0.3 is 4.74 Å². The molecule has 0 saturated carbocycles. The van der Waals surface area contributed by atoms with Gasteiger partial charge in [0.25, 0.3) is 9.84 Å². The van der Waals surface area contributed by atoms with Crippen LogP contribution in [0.4, 0.5) is 35.1 Å². The van der Waals surface area contributed by atoms with E-state index >= 15 is 8.78 Å². The van der Waals surface area contributed by atoms with Gasteiger partial charge in [-0.1, -0.05) is 60.7 Å². The van der Waals surface area contributed by atoms with Gasteiger partial charge in [-0.2, -0.15) is 35.1 Å². The molecular formula is C26H16ClF8NO4S. The molecule has 0 bridgehead atoms. The van der Waals surface area contributed by atoms with Crippen molar-refractivity contribution in [2.75, 3.05) is 0 Å². The Balaban J connectivity index is 2.02. The molecule has 4 rings (SSSR count). The lowest BCUT2D eigenvalue weighted by Gasteiger charge is -2.34. The number of ketones is 1. The maximum absolute atomic E-state index is 15.3. The lowest BCUT2D eigenvalue weighted by molar-refractivity contribution is -0.326. The van der Waals surface area contributed by atoms with Gasteiger partial charge in [0.15, 0.2) is 6.10 Å². The number of benzene rings is 2. The molecule has 2 aromatic carbocycles. The molecule has 0 amide bonds. The molecule has 2 atom stereocenters. The minimum absolute atomic E-state index is 0.104. The van der Waals surface area contributed by atoms with Crippen LogP contribution in [0.3, 0.4) is 0 Å². The third-order valence-electron chi connectivity index (χ3n) is 6.21. The first kappa shape index (κ1) is 30.4. The van der Waals surface area contributed by atoms with Crippen LogP contribution in [0.5, 0.6) is 0 Å². The van der Waals surface area contributed by atoms with E-state index in [1.54, 1.807) is 0 Å². The van der Waals surface area contributed by atoms with E-state index in [-0.39, 0.29) is 16.7 Å². The Bertz CT molecular complexity index is 1570. The minimum atomic E-state index is -7.25. The number of nitrogens with zero attached hydrogens (tertiary/aromatic N) is 1. The monoisotopic (exact) mass is 625 g/mol. The zero-order chi connectivity index (χ0) is 30.4. The fourth-order valence-electron chi connectivity index (χ4n) is 4.16. The number of hydrogen-bond donors (Lipinski definition) is 0. The number of alkyl halides is 9. The van der Waals surface area contributed by atoms with Crippen LogP contribution in [0.25, 0.3) is 5.76 Å². The molecule has 41 heavy (non-hydrogen) atoms. The van der Waals surface area contributed by atoms with Crippen molar-refractivity contribution in [3.63, 3.8) is 0 Å². The first-order valence-electron chi connectivity index (χ1n) is 11.4. The zero-order valence-electron chi connectivity index (χ0n) is 20.1. The highest BCUT2D eigenvalue weighted by Crippen LogP contribution is 2.59. The first-order valence-corrected chi connectivity index (χ1v) is 13.2. The van der Waals surface area contributed by atoms with Crippen LogP contribution in [0, 0.1) is 0 Å². The lowest BCUT2D eigenvalue weighted by atomic mass is 9.89. The molecule has 1 aliphatic heterocycles. The summed E-state index contributed by atoms with van der Waals surface area (Å²) in [6.45, 7) is 0. The Labute approximate surface area is 232 Å². The van der Waals surface area contributed by atoms with E-state index < -0.39 is 60.8 Å². The van der Waals surface area contributed by atoms with Gasteiger partial charge in [0.1, 0.15) is 10.7 Å². The minimum Gasteiger partial charge on any atom is -0.480 e. The van der Waals surface area contributed by atoms with Crippen LogP contribution in [0.15, 0.2) is 90.1 Å². The molecule has 15 heteroatoms. The van der Waals surface area contributed by atoms with Crippen LogP contribution in [-0.2, 0) is 14.6 Å². The average Bonchev–Trinajstić information content (AvgIpc) is 3.35. The van der Waals surface area contributed by atoms with E-state index in [0.29, 0.717) is 0 Å². The van der Waals surface area contributed by atoms with E-state index in [1.165, 1.54) is 48.5 Å². The molecule has 218 valence electrons. The highest BCUT2D eigenvalue weighted by Gasteiger charge is 2.85. The Hall–Kier alpha value is -3.52. The highest BCUT2D eigenvalue weighted by molar-refractivity contribution is 7.96. The number of hydrogen-bond acceptors (Lipinski definition) is 5. The molecule has 0 fully saturated rings. The summed E-state index contributed by atoms with van der Waals surface area (Å²) in [5.74, 6) is -18.4. The fraction of sp³-hybridized carbons (Fsp3) is 0.231. The standard InChI is InChI=1S/C26H16ClF8NO4S/c27-25(32,33)23(28,29)24(30,31)26(34,35)41(38,39)22-18(15-11-13-36-14-12-15)21(19(37)16-7-3-1-4-8-16)40-20(22)17-9-5-2-6-10-17/h1-14,18,21H/t18-,21+/m0/s1. The second-order valence-electron chi connectivity index (χ2n) is 8.75. The van der Waals surface area contributed by atoms with Gasteiger partial charge in [-0.15, -0.1) is 0 Å². The van der Waals surface area contributed by atoms with E-state index in [9.17, 15) is 39.6 Å². The Morgan fingerprint density at radius 1 is 0.780 bits per heavy atom. The second kappa shape index (κ2) is 10.4. The average molecular weight is 626 g/mol. The lowest BCUT2D eigenvalue weighted by Crippen LogP contribution is -2.63. The summed E-state index contributed by atoms with van der Waals surface area (Å²) in [6, 6.07) is 15.2. The third kappa shape index (κ3) is 4.86. The Morgan fingerprint density at radius 2 is 1.29 bits per heavy atom. The van der Waals surface area contributed by atoms with E-state index in [1.807, 2.05) is 0 Å². The quantitative estimate of drug-likeness (QED) is 0.147. The normalized spacial score (nSPS) is 18.8. The predicted molar refractivity (Wildman–Crippen MR) is 131 cm³/mol. The van der Waals surface area contributed by atoms with Gasteiger partial charge in [-0.05, 0) is 29.3 Å². The molecule has 0 saturated heterocycles. The maximum atomic E-state index is 15.3. The van der Waals surface area contributed by atoms with Crippen molar-refractivity contribution in [3.05, 3.63) is 107 Å². The van der Waals surface area contributed by atoms with Crippen molar-refractivity contribution in [3.8, 4) is 0 Å². The molecule has 0 radical (unpaired) electrons. The number of sulfone groups is 1. The fourth-order valence-corrected chi connectivity index (χ4v) is 6.02. The van der Waals surface area contributed by atoms with Gasteiger partial charge in [-0.3, -0.25) is 9.78 Å². The number of ether oxygens (including phenoxy) is 1. The van der Waals surface area contributed by atoms with Crippen molar-refractivity contribution in [2.45, 2.75) is 34.5 Å². The third-order valence-corrected chi connectivity index (χ3v) is 8.40. The number of carbonyl (C=O) groups is 1. The van der Waals surface area contributed by atoms with Crippen LogP contribution < -0.4 is 0 Å². The van der Waals surface area contributed by atoms with Gasteiger partial charge in [0, 0.05) is 23.5 Å². The number of carbonyl (C=O) groups excluding carboxylic acids is 1. The van der Waals surface area contributed by atoms with Crippen molar-refractivity contribution < 1.29 is 53.1 Å². The number of Topliss-reactive ketones (excluding diaryl/α,β-unsaturated/α-hetero) is 1. The molecule has 0 aliphatic carbocycles. The smallest absolute Gasteiger partial charge is 0.417 e. The van der Waals surface area contributed by atoms with E-state index in [4.69, 9.17) is 4.74 Å². The Kier molecular flexibility index (Phi) is 7.71. The van der Waals surface area contributed by atoms with Crippen molar-refractivity contribution in [2.24, 2.45) is 0 Å². The van der Waals surface area contributed by atoms with Crippen molar-refractivity contribution >= 4 is 33.0 Å². The van der Waals surface area contributed by atoms with E-state index in [0.717, 1.165) is 36.7 Å². The summed E-state index contributed by atoms with van der Waals surface area (Å²) in [7, 11) is -7.06. The molecule has 1 aliphatic rings. The summed E-state index contributed by atoms with van der Waals surface area (Å²) >= 11 is 4.03. The van der Waals surface area contributed by atoms with Crippen LogP contribution in [0.1, 0.15) is 27.4 Å².